The zero-order valence-electron chi connectivity index (χ0n) is 7.57. The number of nitrogens with one attached hydrogen (secondary N) is 1. The van der Waals surface area contributed by atoms with E-state index >= 15 is 0 Å². The fourth-order valence-electron chi connectivity index (χ4n) is 1.30. The maximum atomic E-state index is 3.13. The van der Waals surface area contributed by atoms with E-state index in [0.29, 0.717) is 0 Å². The van der Waals surface area contributed by atoms with Gasteiger partial charge in [-0.2, -0.15) is 0 Å². The van der Waals surface area contributed by atoms with Crippen molar-refractivity contribution in [3.8, 4) is 0 Å². The molecular formula is C11H12N2. The average molecular weight is 172 g/mol. The lowest BCUT2D eigenvalue weighted by Crippen LogP contribution is -2.29. The molecule has 1 heterocycles. The molecule has 1 aromatic carbocycles. The van der Waals surface area contributed by atoms with Gasteiger partial charge in [-0.05, 0) is 36.8 Å². The largest absolute Gasteiger partial charge is 0.302 e. The SMILES string of the molecule is Cc1cccc(N2C=CC=CN2)c1. The Hall–Kier alpha value is -1.70. The summed E-state index contributed by atoms with van der Waals surface area (Å²) in [4.78, 5) is 0. The predicted octanol–water partition coefficient (Wildman–Crippen LogP) is 2.35. The van der Waals surface area contributed by atoms with E-state index in [1.54, 1.807) is 0 Å². The van der Waals surface area contributed by atoms with E-state index in [2.05, 4.69) is 36.6 Å². The highest BCUT2D eigenvalue weighted by atomic mass is 15.5. The van der Waals surface area contributed by atoms with Crippen LogP contribution >= 0.6 is 0 Å². The smallest absolute Gasteiger partial charge is 0.0625 e. The monoisotopic (exact) mass is 172 g/mol. The maximum absolute atomic E-state index is 3.13. The van der Waals surface area contributed by atoms with Gasteiger partial charge in [0, 0.05) is 12.4 Å². The molecule has 1 N–H and O–H groups in total. The minimum atomic E-state index is 1.15. The number of aryl methyl sites for hydroxylation is 1. The number of rotatable bonds is 1. The van der Waals surface area contributed by atoms with E-state index in [9.17, 15) is 0 Å². The van der Waals surface area contributed by atoms with Gasteiger partial charge in [0.15, 0.2) is 0 Å². The molecule has 0 amide bonds. The van der Waals surface area contributed by atoms with Gasteiger partial charge in [-0.15, -0.1) is 0 Å². The molecule has 0 atom stereocenters. The number of benzene rings is 1. The Kier molecular flexibility index (Phi) is 2.04. The van der Waals surface area contributed by atoms with Crippen LogP contribution in [0.15, 0.2) is 48.8 Å². The van der Waals surface area contributed by atoms with Crippen molar-refractivity contribution in [1.82, 2.24) is 5.43 Å². The summed E-state index contributed by atoms with van der Waals surface area (Å²) in [7, 11) is 0. The molecule has 2 nitrogen and oxygen atoms in total. The Morgan fingerprint density at radius 3 is 2.85 bits per heavy atom. The van der Waals surface area contributed by atoms with Gasteiger partial charge in [-0.25, -0.2) is 0 Å². The predicted molar refractivity (Wildman–Crippen MR) is 55.1 cm³/mol. The zero-order valence-corrected chi connectivity index (χ0v) is 7.57. The second-order valence-electron chi connectivity index (χ2n) is 3.04. The molecule has 1 aliphatic rings. The normalized spacial score (nSPS) is 14.4. The van der Waals surface area contributed by atoms with Crippen LogP contribution in [0.2, 0.25) is 0 Å². The van der Waals surface area contributed by atoms with Crippen LogP contribution in [0.4, 0.5) is 5.69 Å². The summed E-state index contributed by atoms with van der Waals surface area (Å²) in [6.45, 7) is 2.09. The van der Waals surface area contributed by atoms with Gasteiger partial charge in [0.1, 0.15) is 0 Å². The van der Waals surface area contributed by atoms with Gasteiger partial charge >= 0.3 is 0 Å². The molecule has 0 fully saturated rings. The van der Waals surface area contributed by atoms with E-state index in [0.717, 1.165) is 5.69 Å². The van der Waals surface area contributed by atoms with Gasteiger partial charge in [0.25, 0.3) is 0 Å². The highest BCUT2D eigenvalue weighted by Gasteiger charge is 2.01. The van der Waals surface area contributed by atoms with Crippen molar-refractivity contribution in [3.05, 3.63) is 54.4 Å². The maximum Gasteiger partial charge on any atom is 0.0625 e. The molecule has 0 spiro atoms. The van der Waals surface area contributed by atoms with Gasteiger partial charge < -0.3 is 5.43 Å². The number of hydrazine groups is 1. The molecule has 1 aliphatic heterocycles. The minimum Gasteiger partial charge on any atom is -0.302 e. The first kappa shape index (κ1) is 7.92. The van der Waals surface area contributed by atoms with Crippen LogP contribution in [0.5, 0.6) is 0 Å². The Balaban J connectivity index is 2.25. The summed E-state index contributed by atoms with van der Waals surface area (Å²) in [5, 5.41) is 1.98. The molecule has 0 radical (unpaired) electrons. The van der Waals surface area contributed by atoms with Crippen LogP contribution in [-0.2, 0) is 0 Å². The van der Waals surface area contributed by atoms with Crippen molar-refractivity contribution >= 4 is 5.69 Å². The topological polar surface area (TPSA) is 15.3 Å². The molecule has 13 heavy (non-hydrogen) atoms. The lowest BCUT2D eigenvalue weighted by Gasteiger charge is -2.22. The molecule has 66 valence electrons. The molecule has 0 unspecified atom stereocenters. The van der Waals surface area contributed by atoms with Crippen molar-refractivity contribution in [2.75, 3.05) is 5.01 Å². The van der Waals surface area contributed by atoms with Gasteiger partial charge in [-0.3, -0.25) is 5.01 Å². The molecule has 0 aromatic heterocycles. The quantitative estimate of drug-likeness (QED) is 0.699. The van der Waals surface area contributed by atoms with E-state index in [1.807, 2.05) is 29.6 Å². The second-order valence-corrected chi connectivity index (χ2v) is 3.04. The molecule has 0 saturated heterocycles. The molecular weight excluding hydrogens is 160 g/mol. The lowest BCUT2D eigenvalue weighted by atomic mass is 10.2. The summed E-state index contributed by atoms with van der Waals surface area (Å²) < 4.78 is 0. The number of hydrogen-bond donors (Lipinski definition) is 1. The molecule has 0 aliphatic carbocycles. The second kappa shape index (κ2) is 3.35. The van der Waals surface area contributed by atoms with Crippen molar-refractivity contribution in [3.63, 3.8) is 0 Å². The fourth-order valence-corrected chi connectivity index (χ4v) is 1.30. The van der Waals surface area contributed by atoms with Crippen LogP contribution in [0, 0.1) is 6.92 Å². The Morgan fingerprint density at radius 2 is 2.15 bits per heavy atom. The first-order chi connectivity index (χ1) is 6.36. The van der Waals surface area contributed by atoms with Crippen LogP contribution in [0.3, 0.4) is 0 Å². The van der Waals surface area contributed by atoms with Crippen LogP contribution in [-0.4, -0.2) is 0 Å². The summed E-state index contributed by atoms with van der Waals surface area (Å²) in [6.07, 6.45) is 7.86. The Bertz CT molecular complexity index is 353. The van der Waals surface area contributed by atoms with Crippen molar-refractivity contribution in [2.24, 2.45) is 0 Å². The van der Waals surface area contributed by atoms with Crippen molar-refractivity contribution in [2.45, 2.75) is 6.92 Å². The molecule has 0 saturated carbocycles. The number of nitrogens with zero attached hydrogens (tertiary/aromatic N) is 1. The molecule has 1 aromatic rings. The molecule has 0 bridgehead atoms. The first-order valence-electron chi connectivity index (χ1n) is 4.32. The standard InChI is InChI=1S/C11H12N2/c1-10-5-4-6-11(9-10)13-8-3-2-7-12-13/h2-9,12H,1H3. The van der Waals surface area contributed by atoms with Gasteiger partial charge in [-0.1, -0.05) is 12.1 Å². The Labute approximate surface area is 78.2 Å². The number of allylic oxidation sites excluding steroid dienone is 2. The van der Waals surface area contributed by atoms with Crippen LogP contribution in [0.25, 0.3) is 0 Å². The summed E-state index contributed by atoms with van der Waals surface area (Å²) in [5.41, 5.74) is 5.55. The van der Waals surface area contributed by atoms with E-state index in [4.69, 9.17) is 0 Å². The number of anilines is 1. The average Bonchev–Trinajstić information content (AvgIpc) is 2.19. The van der Waals surface area contributed by atoms with E-state index in [1.165, 1.54) is 5.56 Å². The van der Waals surface area contributed by atoms with Crippen LogP contribution in [0.1, 0.15) is 5.56 Å². The zero-order chi connectivity index (χ0) is 9.10. The summed E-state index contributed by atoms with van der Waals surface area (Å²) >= 11 is 0. The third kappa shape index (κ3) is 1.72. The van der Waals surface area contributed by atoms with Gasteiger partial charge in [0.2, 0.25) is 0 Å². The minimum absolute atomic E-state index is 1.15. The molecule has 2 rings (SSSR count). The number of hydrogen-bond acceptors (Lipinski definition) is 2. The molecule has 2 heteroatoms. The van der Waals surface area contributed by atoms with E-state index in [-0.39, 0.29) is 0 Å². The third-order valence-electron chi connectivity index (χ3n) is 1.94. The summed E-state index contributed by atoms with van der Waals surface area (Å²) in [6, 6.07) is 8.35. The summed E-state index contributed by atoms with van der Waals surface area (Å²) in [5.74, 6) is 0. The third-order valence-corrected chi connectivity index (χ3v) is 1.94. The van der Waals surface area contributed by atoms with Crippen molar-refractivity contribution < 1.29 is 0 Å². The van der Waals surface area contributed by atoms with Crippen molar-refractivity contribution in [1.29, 1.82) is 0 Å². The van der Waals surface area contributed by atoms with Gasteiger partial charge in [0.05, 0.1) is 5.69 Å². The Morgan fingerprint density at radius 1 is 1.23 bits per heavy atom. The van der Waals surface area contributed by atoms with E-state index < -0.39 is 0 Å². The van der Waals surface area contributed by atoms with Crippen LogP contribution < -0.4 is 10.4 Å². The highest BCUT2D eigenvalue weighted by Crippen LogP contribution is 2.15. The lowest BCUT2D eigenvalue weighted by molar-refractivity contribution is 0.867. The fraction of sp³-hybridized carbons (Fsp3) is 0.0909. The first-order valence-corrected chi connectivity index (χ1v) is 4.32. The highest BCUT2D eigenvalue weighted by molar-refractivity contribution is 5.51.